The zero-order valence-corrected chi connectivity index (χ0v) is 9.12. The van der Waals surface area contributed by atoms with Gasteiger partial charge in [0.05, 0.1) is 0 Å². The number of carbonyl (C=O) groups is 1. The van der Waals surface area contributed by atoms with Crippen LogP contribution in [0.4, 0.5) is 0 Å². The summed E-state index contributed by atoms with van der Waals surface area (Å²) in [7, 11) is 2.95. The SMILES string of the molecule is C=CCCCCCC(=O)C(OC)OC. The van der Waals surface area contributed by atoms with E-state index in [9.17, 15) is 4.79 Å². The van der Waals surface area contributed by atoms with Gasteiger partial charge in [-0.25, -0.2) is 0 Å². The van der Waals surface area contributed by atoms with Gasteiger partial charge in [0.15, 0.2) is 5.78 Å². The van der Waals surface area contributed by atoms with Crippen LogP contribution in [0.3, 0.4) is 0 Å². The van der Waals surface area contributed by atoms with Gasteiger partial charge in [-0.3, -0.25) is 4.79 Å². The number of carbonyl (C=O) groups excluding carboxylic acids is 1. The maximum atomic E-state index is 11.4. The van der Waals surface area contributed by atoms with Gasteiger partial charge in [0.1, 0.15) is 0 Å². The molecule has 82 valence electrons. The molecule has 0 rings (SSSR count). The first kappa shape index (κ1) is 13.3. The summed E-state index contributed by atoms with van der Waals surface area (Å²) in [5, 5.41) is 0. The number of ketones is 1. The Bertz CT molecular complexity index is 162. The Balaban J connectivity index is 3.47. The fourth-order valence-electron chi connectivity index (χ4n) is 1.24. The van der Waals surface area contributed by atoms with Gasteiger partial charge in [-0.15, -0.1) is 6.58 Å². The molecule has 3 nitrogen and oxygen atoms in total. The first-order valence-corrected chi connectivity index (χ1v) is 4.95. The highest BCUT2D eigenvalue weighted by Crippen LogP contribution is 2.06. The summed E-state index contributed by atoms with van der Waals surface area (Å²) in [4.78, 5) is 11.4. The normalized spacial score (nSPS) is 10.5. The van der Waals surface area contributed by atoms with Crippen molar-refractivity contribution in [1.82, 2.24) is 0 Å². The minimum absolute atomic E-state index is 0.0219. The zero-order valence-electron chi connectivity index (χ0n) is 9.12. The number of hydrogen-bond acceptors (Lipinski definition) is 3. The number of ether oxygens (including phenoxy) is 2. The van der Waals surface area contributed by atoms with Crippen LogP contribution < -0.4 is 0 Å². The molecule has 0 aromatic heterocycles. The molecule has 3 heteroatoms. The molecule has 0 aliphatic rings. The van der Waals surface area contributed by atoms with Gasteiger partial charge in [-0.1, -0.05) is 12.5 Å². The van der Waals surface area contributed by atoms with E-state index in [0.29, 0.717) is 6.42 Å². The molecule has 0 spiro atoms. The second-order valence-corrected chi connectivity index (χ2v) is 3.16. The van der Waals surface area contributed by atoms with Crippen LogP contribution in [0.2, 0.25) is 0 Å². The van der Waals surface area contributed by atoms with E-state index < -0.39 is 6.29 Å². The van der Waals surface area contributed by atoms with Crippen LogP contribution in [0.25, 0.3) is 0 Å². The van der Waals surface area contributed by atoms with Gasteiger partial charge < -0.3 is 9.47 Å². The van der Waals surface area contributed by atoms with Crippen LogP contribution in [-0.2, 0) is 14.3 Å². The number of Topliss-reactive ketones (excluding diaryl/α,β-unsaturated/α-hetero) is 1. The molecule has 0 heterocycles. The Kier molecular flexibility index (Phi) is 8.48. The maximum Gasteiger partial charge on any atom is 0.217 e. The van der Waals surface area contributed by atoms with Crippen LogP contribution in [0.5, 0.6) is 0 Å². The fraction of sp³-hybridized carbons (Fsp3) is 0.727. The van der Waals surface area contributed by atoms with Gasteiger partial charge in [0.2, 0.25) is 6.29 Å². The van der Waals surface area contributed by atoms with E-state index in [1.807, 2.05) is 6.08 Å². The van der Waals surface area contributed by atoms with Crippen molar-refractivity contribution in [2.45, 2.75) is 38.4 Å². The van der Waals surface area contributed by atoms with Crippen molar-refractivity contribution in [3.63, 3.8) is 0 Å². The lowest BCUT2D eigenvalue weighted by Crippen LogP contribution is -2.24. The lowest BCUT2D eigenvalue weighted by molar-refractivity contribution is -0.156. The van der Waals surface area contributed by atoms with E-state index in [2.05, 4.69) is 6.58 Å². The predicted molar refractivity (Wildman–Crippen MR) is 56.1 cm³/mol. The van der Waals surface area contributed by atoms with Crippen LogP contribution >= 0.6 is 0 Å². The highest BCUT2D eigenvalue weighted by atomic mass is 16.7. The molecule has 0 atom stereocenters. The van der Waals surface area contributed by atoms with Crippen LogP contribution in [0.15, 0.2) is 12.7 Å². The summed E-state index contributed by atoms with van der Waals surface area (Å²) in [5.41, 5.74) is 0. The minimum Gasteiger partial charge on any atom is -0.349 e. The zero-order chi connectivity index (χ0) is 10.8. The van der Waals surface area contributed by atoms with Crippen molar-refractivity contribution in [3.8, 4) is 0 Å². The van der Waals surface area contributed by atoms with Crippen LogP contribution in [-0.4, -0.2) is 26.3 Å². The average Bonchev–Trinajstić information content (AvgIpc) is 2.19. The topological polar surface area (TPSA) is 35.5 Å². The molecule has 0 fully saturated rings. The highest BCUT2D eigenvalue weighted by Gasteiger charge is 2.15. The lowest BCUT2D eigenvalue weighted by Gasteiger charge is -2.11. The molecule has 0 aromatic carbocycles. The van der Waals surface area contributed by atoms with Gasteiger partial charge in [-0.05, 0) is 19.3 Å². The van der Waals surface area contributed by atoms with E-state index in [-0.39, 0.29) is 5.78 Å². The smallest absolute Gasteiger partial charge is 0.217 e. The predicted octanol–water partition coefficient (Wildman–Crippen LogP) is 2.31. The average molecular weight is 200 g/mol. The molecular weight excluding hydrogens is 180 g/mol. The molecule has 0 amide bonds. The molecule has 0 N–H and O–H groups in total. The van der Waals surface area contributed by atoms with E-state index in [1.165, 1.54) is 14.2 Å². The number of allylic oxidation sites excluding steroid dienone is 1. The first-order chi connectivity index (χ1) is 6.76. The van der Waals surface area contributed by atoms with Crippen molar-refractivity contribution in [2.24, 2.45) is 0 Å². The van der Waals surface area contributed by atoms with Gasteiger partial charge >= 0.3 is 0 Å². The van der Waals surface area contributed by atoms with E-state index >= 15 is 0 Å². The first-order valence-electron chi connectivity index (χ1n) is 4.95. The van der Waals surface area contributed by atoms with Crippen molar-refractivity contribution in [2.75, 3.05) is 14.2 Å². The largest absolute Gasteiger partial charge is 0.349 e. The standard InChI is InChI=1S/C11H20O3/c1-4-5-6-7-8-9-10(12)11(13-2)14-3/h4,11H,1,5-9H2,2-3H3. The summed E-state index contributed by atoms with van der Waals surface area (Å²) in [5.74, 6) is 0.0219. The third-order valence-corrected chi connectivity index (χ3v) is 2.02. The number of rotatable bonds is 9. The monoisotopic (exact) mass is 200 g/mol. The van der Waals surface area contributed by atoms with Gasteiger partial charge in [-0.2, -0.15) is 0 Å². The van der Waals surface area contributed by atoms with Crippen molar-refractivity contribution in [3.05, 3.63) is 12.7 Å². The molecular formula is C11H20O3. The Labute approximate surface area is 86.1 Å². The number of methoxy groups -OCH3 is 2. The van der Waals surface area contributed by atoms with Crippen LogP contribution in [0, 0.1) is 0 Å². The van der Waals surface area contributed by atoms with E-state index in [4.69, 9.17) is 9.47 Å². The van der Waals surface area contributed by atoms with Crippen molar-refractivity contribution in [1.29, 1.82) is 0 Å². The molecule has 14 heavy (non-hydrogen) atoms. The third kappa shape index (κ3) is 5.89. The highest BCUT2D eigenvalue weighted by molar-refractivity contribution is 5.81. The molecule has 0 bridgehead atoms. The Hall–Kier alpha value is -0.670. The van der Waals surface area contributed by atoms with E-state index in [1.54, 1.807) is 0 Å². The second kappa shape index (κ2) is 8.91. The number of unbranched alkanes of at least 4 members (excludes halogenated alkanes) is 3. The van der Waals surface area contributed by atoms with Crippen LogP contribution in [0.1, 0.15) is 32.1 Å². The summed E-state index contributed by atoms with van der Waals surface area (Å²) in [6.45, 7) is 3.64. The Morgan fingerprint density at radius 1 is 1.29 bits per heavy atom. The Morgan fingerprint density at radius 2 is 1.93 bits per heavy atom. The summed E-state index contributed by atoms with van der Waals surface area (Å²) >= 11 is 0. The van der Waals surface area contributed by atoms with Gasteiger partial charge in [0.25, 0.3) is 0 Å². The maximum absolute atomic E-state index is 11.4. The molecule has 0 saturated heterocycles. The molecule has 0 aliphatic carbocycles. The summed E-state index contributed by atoms with van der Waals surface area (Å²) in [6, 6.07) is 0. The van der Waals surface area contributed by atoms with Gasteiger partial charge in [0, 0.05) is 20.6 Å². The third-order valence-electron chi connectivity index (χ3n) is 2.02. The summed E-state index contributed by atoms with van der Waals surface area (Å²) < 4.78 is 9.70. The lowest BCUT2D eigenvalue weighted by atomic mass is 10.1. The fourth-order valence-corrected chi connectivity index (χ4v) is 1.24. The quantitative estimate of drug-likeness (QED) is 0.325. The molecule has 0 saturated carbocycles. The molecule has 0 aromatic rings. The second-order valence-electron chi connectivity index (χ2n) is 3.16. The summed E-state index contributed by atoms with van der Waals surface area (Å²) in [6.07, 6.45) is 5.81. The van der Waals surface area contributed by atoms with Crippen molar-refractivity contribution >= 4 is 5.78 Å². The molecule has 0 unspecified atom stereocenters. The minimum atomic E-state index is -0.686. The van der Waals surface area contributed by atoms with Crippen molar-refractivity contribution < 1.29 is 14.3 Å². The number of hydrogen-bond donors (Lipinski definition) is 0. The Morgan fingerprint density at radius 3 is 2.43 bits per heavy atom. The molecule has 0 radical (unpaired) electrons. The molecule has 0 aliphatic heterocycles. The van der Waals surface area contributed by atoms with E-state index in [0.717, 1.165) is 25.7 Å².